The topological polar surface area (TPSA) is 26.3 Å². The highest BCUT2D eigenvalue weighted by Gasteiger charge is 2.58. The van der Waals surface area contributed by atoms with Gasteiger partial charge in [-0.15, -0.1) is 0 Å². The number of carbonyl (C=O) groups excluding carboxylic acids is 1. The van der Waals surface area contributed by atoms with Crippen molar-refractivity contribution in [3.05, 3.63) is 11.6 Å². The number of ether oxygens (including phenoxy) is 1. The predicted octanol–water partition coefficient (Wildman–Crippen LogP) is 9.18. The van der Waals surface area contributed by atoms with Crippen molar-refractivity contribution >= 4 is 5.97 Å². The van der Waals surface area contributed by atoms with Crippen LogP contribution >= 0.6 is 0 Å². The van der Waals surface area contributed by atoms with Gasteiger partial charge in [0, 0.05) is 6.42 Å². The maximum atomic E-state index is 12.6. The maximum absolute atomic E-state index is 12.6. The molecular formula is C30H47F3O2. The Labute approximate surface area is 210 Å². The van der Waals surface area contributed by atoms with Crippen molar-refractivity contribution in [3.8, 4) is 0 Å². The standard InChI is InChI=1S/C30H47F3O2/c1-4-5-6-7-8-9-10-21-12-14-25-24-13-11-22-19-23(35-27(34)20-30(31,32)33)15-17-29(22,3)26(24)16-18-28(21,25)2/h11,21,23-26H,4-10,12-20H2,1-3H3/t21-,23+,24+,25-,26-,28-,29+/m1/s1. The van der Waals surface area contributed by atoms with Crippen LogP contribution in [0.4, 0.5) is 13.2 Å². The fraction of sp³-hybridized carbons (Fsp3) is 0.900. The van der Waals surface area contributed by atoms with Crippen LogP contribution in [0.5, 0.6) is 0 Å². The predicted molar refractivity (Wildman–Crippen MR) is 134 cm³/mol. The summed E-state index contributed by atoms with van der Waals surface area (Å²) >= 11 is 0. The molecule has 0 aromatic heterocycles. The number of carbonyl (C=O) groups is 1. The third-order valence-corrected chi connectivity index (χ3v) is 10.8. The van der Waals surface area contributed by atoms with Gasteiger partial charge in [-0.1, -0.05) is 70.9 Å². The maximum Gasteiger partial charge on any atom is 0.399 e. The van der Waals surface area contributed by atoms with Gasteiger partial charge in [0.2, 0.25) is 0 Å². The van der Waals surface area contributed by atoms with E-state index in [0.29, 0.717) is 24.2 Å². The Bertz CT molecular complexity index is 774. The summed E-state index contributed by atoms with van der Waals surface area (Å²) in [6, 6.07) is 0. The van der Waals surface area contributed by atoms with Crippen LogP contribution in [0.2, 0.25) is 0 Å². The van der Waals surface area contributed by atoms with Crippen LogP contribution in [0.15, 0.2) is 11.6 Å². The smallest absolute Gasteiger partial charge is 0.399 e. The second-order valence-electron chi connectivity index (χ2n) is 12.8. The summed E-state index contributed by atoms with van der Waals surface area (Å²) in [6.07, 6.45) is 14.4. The van der Waals surface area contributed by atoms with Crippen molar-refractivity contribution in [3.63, 3.8) is 0 Å². The zero-order chi connectivity index (χ0) is 25.3. The third kappa shape index (κ3) is 5.79. The average Bonchev–Trinajstić information content (AvgIpc) is 3.11. The number of alkyl halides is 3. The zero-order valence-electron chi connectivity index (χ0n) is 22.2. The number of unbranched alkanes of at least 4 members (excludes halogenated alkanes) is 5. The Morgan fingerprint density at radius 2 is 1.74 bits per heavy atom. The third-order valence-electron chi connectivity index (χ3n) is 10.8. The molecule has 0 bridgehead atoms. The summed E-state index contributed by atoms with van der Waals surface area (Å²) in [5.74, 6) is 1.96. The van der Waals surface area contributed by atoms with E-state index in [4.69, 9.17) is 4.74 Å². The first kappa shape index (κ1) is 27.0. The normalized spacial score (nSPS) is 38.8. The lowest BCUT2D eigenvalue weighted by Crippen LogP contribution is -2.50. The lowest BCUT2D eigenvalue weighted by atomic mass is 9.47. The molecule has 3 fully saturated rings. The molecule has 200 valence electrons. The van der Waals surface area contributed by atoms with E-state index in [0.717, 1.165) is 30.6 Å². The molecule has 3 saturated carbocycles. The quantitative estimate of drug-likeness (QED) is 0.181. The first-order valence-corrected chi connectivity index (χ1v) is 14.5. The first-order chi connectivity index (χ1) is 16.6. The van der Waals surface area contributed by atoms with Crippen LogP contribution in [0.3, 0.4) is 0 Å². The molecule has 7 atom stereocenters. The molecule has 4 aliphatic carbocycles. The van der Waals surface area contributed by atoms with Crippen LogP contribution in [-0.2, 0) is 9.53 Å². The number of halogens is 3. The van der Waals surface area contributed by atoms with Crippen molar-refractivity contribution < 1.29 is 22.7 Å². The fourth-order valence-corrected chi connectivity index (χ4v) is 8.87. The van der Waals surface area contributed by atoms with Crippen molar-refractivity contribution in [2.24, 2.45) is 34.5 Å². The minimum absolute atomic E-state index is 0.120. The largest absolute Gasteiger partial charge is 0.462 e. The van der Waals surface area contributed by atoms with E-state index >= 15 is 0 Å². The molecule has 2 nitrogen and oxygen atoms in total. The summed E-state index contributed by atoms with van der Waals surface area (Å²) in [4.78, 5) is 11.8. The molecule has 0 N–H and O–H groups in total. The van der Waals surface area contributed by atoms with Gasteiger partial charge < -0.3 is 4.74 Å². The number of hydrogen-bond donors (Lipinski definition) is 0. The summed E-state index contributed by atoms with van der Waals surface area (Å²) in [6.45, 7) is 7.27. The molecule has 4 aliphatic rings. The number of allylic oxidation sites excluding steroid dienone is 1. The van der Waals surface area contributed by atoms with E-state index in [1.807, 2.05) is 0 Å². The van der Waals surface area contributed by atoms with Crippen molar-refractivity contribution in [1.29, 1.82) is 0 Å². The number of fused-ring (bicyclic) bond motifs is 5. The summed E-state index contributed by atoms with van der Waals surface area (Å²) in [7, 11) is 0. The molecule has 0 saturated heterocycles. The molecule has 4 rings (SSSR count). The van der Waals surface area contributed by atoms with Gasteiger partial charge in [0.05, 0.1) is 0 Å². The van der Waals surface area contributed by atoms with Crippen LogP contribution in [-0.4, -0.2) is 18.2 Å². The number of rotatable bonds is 9. The molecule has 5 heteroatoms. The SMILES string of the molecule is CCCCCCCC[C@@H]1CC[C@@H]2[C@@H]3CC=C4C[C@@H](OC(=O)CC(F)(F)F)CC[C@]4(C)[C@@H]3CC[C@]12C. The van der Waals surface area contributed by atoms with Gasteiger partial charge in [-0.25, -0.2) is 0 Å². The Morgan fingerprint density at radius 3 is 2.49 bits per heavy atom. The van der Waals surface area contributed by atoms with Gasteiger partial charge in [0.15, 0.2) is 0 Å². The lowest BCUT2D eigenvalue weighted by Gasteiger charge is -2.58. The molecule has 0 aliphatic heterocycles. The average molecular weight is 497 g/mol. The van der Waals surface area contributed by atoms with Crippen LogP contribution in [0.25, 0.3) is 0 Å². The van der Waals surface area contributed by atoms with Crippen LogP contribution < -0.4 is 0 Å². The van der Waals surface area contributed by atoms with E-state index in [1.165, 1.54) is 76.2 Å². The van der Waals surface area contributed by atoms with Crippen LogP contribution in [0.1, 0.15) is 124 Å². The highest BCUT2D eigenvalue weighted by Crippen LogP contribution is 2.66. The Morgan fingerprint density at radius 1 is 1.00 bits per heavy atom. The Kier molecular flexibility index (Phi) is 8.33. The van der Waals surface area contributed by atoms with Gasteiger partial charge in [-0.05, 0) is 85.9 Å². The minimum atomic E-state index is -4.50. The molecule has 0 amide bonds. The van der Waals surface area contributed by atoms with E-state index in [2.05, 4.69) is 26.8 Å². The zero-order valence-corrected chi connectivity index (χ0v) is 22.2. The van der Waals surface area contributed by atoms with E-state index < -0.39 is 24.7 Å². The Hall–Kier alpha value is -1.00. The molecule has 0 aromatic rings. The summed E-state index contributed by atoms with van der Waals surface area (Å²) in [5, 5.41) is 0. The Balaban J connectivity index is 1.36. The second-order valence-corrected chi connectivity index (χ2v) is 12.8. The fourth-order valence-electron chi connectivity index (χ4n) is 8.87. The van der Waals surface area contributed by atoms with E-state index in [-0.39, 0.29) is 5.41 Å². The van der Waals surface area contributed by atoms with Gasteiger partial charge in [0.1, 0.15) is 12.5 Å². The van der Waals surface area contributed by atoms with Gasteiger partial charge in [0.25, 0.3) is 0 Å². The highest BCUT2D eigenvalue weighted by molar-refractivity contribution is 5.70. The number of hydrogen-bond acceptors (Lipinski definition) is 2. The van der Waals surface area contributed by atoms with Crippen molar-refractivity contribution in [1.82, 2.24) is 0 Å². The molecule has 0 unspecified atom stereocenters. The van der Waals surface area contributed by atoms with Crippen molar-refractivity contribution in [2.45, 2.75) is 136 Å². The van der Waals surface area contributed by atoms with Crippen molar-refractivity contribution in [2.75, 3.05) is 0 Å². The molecule has 0 spiro atoms. The van der Waals surface area contributed by atoms with Crippen LogP contribution in [0, 0.1) is 34.5 Å². The molecular weight excluding hydrogens is 449 g/mol. The molecule has 35 heavy (non-hydrogen) atoms. The summed E-state index contributed by atoms with van der Waals surface area (Å²) in [5.41, 5.74) is 1.95. The van der Waals surface area contributed by atoms with E-state index in [1.54, 1.807) is 0 Å². The second kappa shape index (κ2) is 10.8. The minimum Gasteiger partial charge on any atom is -0.462 e. The van der Waals surface area contributed by atoms with Gasteiger partial charge in [-0.2, -0.15) is 13.2 Å². The molecule has 0 aromatic carbocycles. The lowest BCUT2D eigenvalue weighted by molar-refractivity contribution is -0.176. The first-order valence-electron chi connectivity index (χ1n) is 14.5. The monoisotopic (exact) mass is 496 g/mol. The van der Waals surface area contributed by atoms with Gasteiger partial charge >= 0.3 is 12.1 Å². The molecule has 0 radical (unpaired) electrons. The van der Waals surface area contributed by atoms with Gasteiger partial charge in [-0.3, -0.25) is 4.79 Å². The summed E-state index contributed by atoms with van der Waals surface area (Å²) < 4.78 is 42.9. The van der Waals surface area contributed by atoms with E-state index in [9.17, 15) is 18.0 Å². The highest BCUT2D eigenvalue weighted by atomic mass is 19.4. The molecule has 0 heterocycles. The number of esters is 1.